The quantitative estimate of drug-likeness (QED) is 0.0777. The van der Waals surface area contributed by atoms with Crippen LogP contribution in [0.25, 0.3) is 0 Å². The zero-order valence-electron chi connectivity index (χ0n) is 28.7. The third kappa shape index (κ3) is 11.4. The number of hydrogen-bond acceptors (Lipinski definition) is 9. The third-order valence-electron chi connectivity index (χ3n) is 7.86. The van der Waals surface area contributed by atoms with E-state index in [0.717, 1.165) is 15.3 Å². The minimum absolute atomic E-state index is 0.122. The predicted molar refractivity (Wildman–Crippen MR) is 194 cm³/mol. The van der Waals surface area contributed by atoms with Crippen molar-refractivity contribution in [3.63, 3.8) is 0 Å². The molecule has 2 amide bonds. The van der Waals surface area contributed by atoms with Crippen molar-refractivity contribution in [3.8, 4) is 0 Å². The lowest BCUT2D eigenvalue weighted by atomic mass is 10.0. The Bertz CT molecular complexity index is 2090. The second kappa shape index (κ2) is 17.8. The molecule has 2 heterocycles. The summed E-state index contributed by atoms with van der Waals surface area (Å²) in [5, 5.41) is 17.6. The number of alkyl halides is 3. The second-order valence-electron chi connectivity index (χ2n) is 11.8. The Morgan fingerprint density at radius 2 is 1.61 bits per heavy atom. The van der Waals surface area contributed by atoms with Crippen molar-refractivity contribution in [3.05, 3.63) is 117 Å². The van der Waals surface area contributed by atoms with Gasteiger partial charge in [0.1, 0.15) is 11.9 Å². The van der Waals surface area contributed by atoms with Gasteiger partial charge in [-0.25, -0.2) is 13.2 Å². The van der Waals surface area contributed by atoms with Gasteiger partial charge in [-0.1, -0.05) is 42.5 Å². The van der Waals surface area contributed by atoms with E-state index in [0.29, 0.717) is 48.5 Å². The van der Waals surface area contributed by atoms with Crippen molar-refractivity contribution >= 4 is 56.6 Å². The minimum Gasteiger partial charge on any atom is -0.475 e. The number of sulfonamides is 1. The number of nitrogen functional groups attached to an aromatic ring is 1. The number of esters is 1. The first kappa shape index (κ1) is 41.0. The summed E-state index contributed by atoms with van der Waals surface area (Å²) in [4.78, 5) is 52.1. The highest BCUT2D eigenvalue weighted by Gasteiger charge is 2.38. The minimum atomic E-state index is -5.08. The fraction of sp³-hybridized carbons (Fsp3) is 0.250. The van der Waals surface area contributed by atoms with Crippen molar-refractivity contribution < 1.29 is 50.6 Å². The Balaban J connectivity index is 0.000000845. The maximum absolute atomic E-state index is 14.0. The Labute approximate surface area is 312 Å². The van der Waals surface area contributed by atoms with Gasteiger partial charge in [-0.3, -0.25) is 24.5 Å². The lowest BCUT2D eigenvalue weighted by Gasteiger charge is -2.31. The number of carbonyl (C=O) groups is 4. The molecule has 5 rings (SSSR count). The first-order chi connectivity index (χ1) is 25.5. The standard InChI is InChI=1S/C34H35N5O6S2.C2HF3O2/c1-2-45-31(40)20-27-19-25-21-39(17-16-30(25)46-27)34(42)29(37-33(41)24-12-10-23(11-13-24)32(35)36)18-22-8-14-26(15-9-22)38-47(43,44)28-6-4-3-5-7-28;3-2(4,5)1(6)7/h3-15,19,29,38H,2,16-18,20-21H2,1H3,(H3,35,36)(H,37,41);(H,6,7)/t29-;/m0./s1. The number of aliphatic carboxylic acids is 1. The van der Waals surface area contributed by atoms with E-state index in [1.807, 2.05) is 6.07 Å². The highest BCUT2D eigenvalue weighted by Crippen LogP contribution is 2.29. The summed E-state index contributed by atoms with van der Waals surface area (Å²) in [6.45, 7) is 2.86. The Kier molecular flexibility index (Phi) is 13.6. The maximum atomic E-state index is 14.0. The van der Waals surface area contributed by atoms with Crippen molar-refractivity contribution in [2.24, 2.45) is 5.73 Å². The van der Waals surface area contributed by atoms with Gasteiger partial charge in [0.2, 0.25) is 5.91 Å². The number of halogens is 3. The summed E-state index contributed by atoms with van der Waals surface area (Å²) < 4.78 is 64.9. The van der Waals surface area contributed by atoms with Gasteiger partial charge in [-0.15, -0.1) is 11.3 Å². The van der Waals surface area contributed by atoms with Gasteiger partial charge >= 0.3 is 18.1 Å². The number of carboxylic acids is 1. The average Bonchev–Trinajstić information content (AvgIpc) is 3.53. The van der Waals surface area contributed by atoms with Crippen molar-refractivity contribution in [1.82, 2.24) is 10.2 Å². The number of benzene rings is 3. The van der Waals surface area contributed by atoms with E-state index >= 15 is 0 Å². The molecule has 54 heavy (non-hydrogen) atoms. The van der Waals surface area contributed by atoms with E-state index in [4.69, 9.17) is 25.8 Å². The number of amidine groups is 1. The van der Waals surface area contributed by atoms with Crippen molar-refractivity contribution in [2.75, 3.05) is 17.9 Å². The van der Waals surface area contributed by atoms with E-state index in [2.05, 4.69) is 10.0 Å². The van der Waals surface area contributed by atoms with Gasteiger partial charge in [-0.05, 0) is 66.9 Å². The number of amides is 2. The van der Waals surface area contributed by atoms with Crippen LogP contribution in [0.2, 0.25) is 0 Å². The summed E-state index contributed by atoms with van der Waals surface area (Å²) in [6.07, 6.45) is -4.13. The predicted octanol–water partition coefficient (Wildman–Crippen LogP) is 4.50. The van der Waals surface area contributed by atoms with E-state index < -0.39 is 34.1 Å². The molecule has 286 valence electrons. The van der Waals surface area contributed by atoms with Gasteiger partial charge in [0.05, 0.1) is 17.9 Å². The summed E-state index contributed by atoms with van der Waals surface area (Å²) in [6, 6.07) is 21.9. The van der Waals surface area contributed by atoms with Crippen LogP contribution in [0.3, 0.4) is 0 Å². The van der Waals surface area contributed by atoms with Crippen LogP contribution in [0.1, 0.15) is 43.7 Å². The number of anilines is 1. The zero-order chi connectivity index (χ0) is 39.6. The Morgan fingerprint density at radius 3 is 2.19 bits per heavy atom. The Hall–Kier alpha value is -5.75. The highest BCUT2D eigenvalue weighted by atomic mass is 32.2. The molecule has 0 unspecified atom stereocenters. The van der Waals surface area contributed by atoms with Crippen LogP contribution in [-0.2, 0) is 55.0 Å². The molecule has 0 fully saturated rings. The molecule has 4 aromatic rings. The molecule has 0 saturated carbocycles. The molecule has 6 N–H and O–H groups in total. The van der Waals surface area contributed by atoms with Crippen LogP contribution < -0.4 is 15.8 Å². The number of rotatable bonds is 12. The molecule has 1 aliphatic heterocycles. The number of ether oxygens (including phenoxy) is 1. The fourth-order valence-electron chi connectivity index (χ4n) is 5.25. The number of nitrogens with zero attached hydrogens (tertiary/aromatic N) is 1. The topological polar surface area (TPSA) is 209 Å². The smallest absolute Gasteiger partial charge is 0.475 e. The van der Waals surface area contributed by atoms with Gasteiger partial charge in [0.15, 0.2) is 0 Å². The number of nitrogens with two attached hydrogens (primary N) is 1. The molecule has 3 aromatic carbocycles. The SMILES string of the molecule is CCOC(=O)Cc1cc2c(s1)CCN(C(=O)[C@H](Cc1ccc(NS(=O)(=O)c3ccccc3)cc1)NC(=O)c1ccc(C(=N)N)cc1)C2.O=C(O)C(F)(F)F. The lowest BCUT2D eigenvalue weighted by Crippen LogP contribution is -2.50. The number of carboxylic acid groups (broad SMARTS) is 1. The van der Waals surface area contributed by atoms with Crippen LogP contribution >= 0.6 is 11.3 Å². The summed E-state index contributed by atoms with van der Waals surface area (Å²) in [5.41, 5.74) is 8.36. The van der Waals surface area contributed by atoms with E-state index in [9.17, 15) is 36.0 Å². The van der Waals surface area contributed by atoms with Gasteiger partial charge < -0.3 is 25.8 Å². The first-order valence-electron chi connectivity index (χ1n) is 16.2. The van der Waals surface area contributed by atoms with Gasteiger partial charge in [0.25, 0.3) is 15.9 Å². The van der Waals surface area contributed by atoms with Crippen LogP contribution in [-0.4, -0.2) is 73.4 Å². The largest absolute Gasteiger partial charge is 0.490 e. The molecule has 0 spiro atoms. The molecular weight excluding hydrogens is 752 g/mol. The molecule has 1 aliphatic rings. The van der Waals surface area contributed by atoms with Crippen LogP contribution in [0.15, 0.2) is 89.8 Å². The van der Waals surface area contributed by atoms with Crippen LogP contribution in [0.5, 0.6) is 0 Å². The maximum Gasteiger partial charge on any atom is 0.490 e. The molecule has 0 aliphatic carbocycles. The molecule has 0 radical (unpaired) electrons. The molecule has 0 saturated heterocycles. The normalized spacial score (nSPS) is 13.0. The molecule has 18 heteroatoms. The zero-order valence-corrected chi connectivity index (χ0v) is 30.3. The fourth-order valence-corrected chi connectivity index (χ4v) is 7.48. The number of fused-ring (bicyclic) bond motifs is 1. The molecule has 1 atom stereocenters. The summed E-state index contributed by atoms with van der Waals surface area (Å²) >= 11 is 1.55. The average molecular weight is 788 g/mol. The third-order valence-corrected chi connectivity index (χ3v) is 10.5. The van der Waals surface area contributed by atoms with Gasteiger partial charge in [-0.2, -0.15) is 13.2 Å². The number of carbonyl (C=O) groups excluding carboxylic acids is 3. The van der Waals surface area contributed by atoms with Gasteiger partial charge in [0, 0.05) is 46.1 Å². The number of thiophene rings is 1. The van der Waals surface area contributed by atoms with Crippen molar-refractivity contribution in [2.45, 2.75) is 49.8 Å². The van der Waals surface area contributed by atoms with E-state index in [1.54, 1.807) is 89.9 Å². The summed E-state index contributed by atoms with van der Waals surface area (Å²) in [5.74, 6) is -3.90. The van der Waals surface area contributed by atoms with Crippen LogP contribution in [0.4, 0.5) is 18.9 Å². The number of hydrogen-bond donors (Lipinski definition) is 5. The second-order valence-corrected chi connectivity index (χ2v) is 14.7. The molecule has 13 nitrogen and oxygen atoms in total. The summed E-state index contributed by atoms with van der Waals surface area (Å²) in [7, 11) is -3.78. The first-order valence-corrected chi connectivity index (χ1v) is 18.5. The monoisotopic (exact) mass is 787 g/mol. The highest BCUT2D eigenvalue weighted by molar-refractivity contribution is 7.92. The molecular formula is C36H36F3N5O8S2. The number of nitrogens with one attached hydrogen (secondary N) is 3. The molecule has 0 bridgehead atoms. The Morgan fingerprint density at radius 1 is 1.00 bits per heavy atom. The van der Waals surface area contributed by atoms with Crippen LogP contribution in [0, 0.1) is 5.41 Å². The lowest BCUT2D eigenvalue weighted by molar-refractivity contribution is -0.192. The van der Waals surface area contributed by atoms with E-state index in [-0.39, 0.29) is 35.4 Å². The molecule has 1 aromatic heterocycles. The van der Waals surface area contributed by atoms with E-state index in [1.165, 1.54) is 12.1 Å². The van der Waals surface area contributed by atoms with Crippen molar-refractivity contribution in [1.29, 1.82) is 5.41 Å².